The van der Waals surface area contributed by atoms with E-state index in [0.717, 1.165) is 23.5 Å². The molecule has 0 aromatic carbocycles. The Morgan fingerprint density at radius 3 is 1.18 bits per heavy atom. The molecule has 14 heteroatoms. The van der Waals surface area contributed by atoms with Crippen molar-refractivity contribution >= 4 is 57.6 Å². The minimum absolute atomic E-state index is 0.124. The lowest BCUT2D eigenvalue weighted by Crippen LogP contribution is -2.28. The molecule has 0 aromatic heterocycles. The molecule has 0 aromatic rings. The Labute approximate surface area is 172 Å². The van der Waals surface area contributed by atoms with Crippen molar-refractivity contribution in [3.05, 3.63) is 0 Å². The first kappa shape index (κ1) is 27.7. The fourth-order valence-electron chi connectivity index (χ4n) is 0.967. The molecule has 0 bridgehead atoms. The van der Waals surface area contributed by atoms with Crippen LogP contribution in [0.15, 0.2) is 10.3 Å². The third-order valence-electron chi connectivity index (χ3n) is 2.40. The van der Waals surface area contributed by atoms with Crippen molar-refractivity contribution in [1.29, 1.82) is 0 Å². The normalized spacial score (nSPS) is 10.7. The second-order valence-electron chi connectivity index (χ2n) is 4.86. The first-order valence-electron chi connectivity index (χ1n) is 7.50. The lowest BCUT2D eigenvalue weighted by atomic mass is 10.6. The minimum atomic E-state index is -0.705. The third kappa shape index (κ3) is 12.0. The number of carbonyl (C=O) groups excluding carboxylic acids is 4. The average Bonchev–Trinajstić information content (AvgIpc) is 2.68. The number of thioether (sulfide) groups is 2. The lowest BCUT2D eigenvalue weighted by Gasteiger charge is -2.09. The Balaban J connectivity index is 0. The molecule has 28 heavy (non-hydrogen) atoms. The van der Waals surface area contributed by atoms with Crippen molar-refractivity contribution < 1.29 is 28.9 Å². The van der Waals surface area contributed by atoms with Crippen molar-refractivity contribution in [3.63, 3.8) is 0 Å². The first-order chi connectivity index (χ1) is 13.0. The predicted molar refractivity (Wildman–Crippen MR) is 110 cm³/mol. The van der Waals surface area contributed by atoms with Gasteiger partial charge >= 0.3 is 12.2 Å². The maximum atomic E-state index is 11.3. The summed E-state index contributed by atoms with van der Waals surface area (Å²) >= 11 is 2.23. The van der Waals surface area contributed by atoms with E-state index in [-0.39, 0.29) is 21.9 Å². The number of nitrogens with zero attached hydrogens (tertiary/aromatic N) is 4. The lowest BCUT2D eigenvalue weighted by molar-refractivity contribution is -0.122. The molecule has 0 spiro atoms. The van der Waals surface area contributed by atoms with Crippen molar-refractivity contribution in [2.24, 2.45) is 10.3 Å². The molecular formula is C14H26N6O6S2. The van der Waals surface area contributed by atoms with Crippen LogP contribution in [0, 0.1) is 0 Å². The summed E-state index contributed by atoms with van der Waals surface area (Å²) in [5, 5.41) is 11.5. The summed E-state index contributed by atoms with van der Waals surface area (Å²) in [5.74, 6) is -0.609. The van der Waals surface area contributed by atoms with Crippen LogP contribution < -0.4 is 10.6 Å². The standard InChI is InChI=1S/2C7H13N3O3S/c2*1-8-7(12)13-9-5(14-4)6(11)10(2)3/h2*1-4H3,(H,8,12)/b2*9-5-. The fraction of sp³-hybridized carbons (Fsp3) is 0.571. The molecule has 0 heterocycles. The van der Waals surface area contributed by atoms with Crippen LogP contribution in [0.4, 0.5) is 9.59 Å². The van der Waals surface area contributed by atoms with Gasteiger partial charge in [-0.3, -0.25) is 19.3 Å². The summed E-state index contributed by atoms with van der Waals surface area (Å²) < 4.78 is 0. The van der Waals surface area contributed by atoms with E-state index in [1.807, 2.05) is 0 Å². The van der Waals surface area contributed by atoms with Gasteiger partial charge in [0.1, 0.15) is 0 Å². The number of carbonyl (C=O) groups is 4. The zero-order chi connectivity index (χ0) is 22.3. The Morgan fingerprint density at radius 2 is 1.00 bits per heavy atom. The van der Waals surface area contributed by atoms with Crippen LogP contribution in [0.5, 0.6) is 0 Å². The molecule has 4 amide bonds. The van der Waals surface area contributed by atoms with Crippen molar-refractivity contribution in [2.45, 2.75) is 0 Å². The molecule has 160 valence electrons. The molecular weight excluding hydrogens is 412 g/mol. The number of nitrogens with one attached hydrogen (secondary N) is 2. The van der Waals surface area contributed by atoms with Gasteiger partial charge in [-0.05, 0) is 12.5 Å². The van der Waals surface area contributed by atoms with Gasteiger partial charge in [-0.15, -0.1) is 23.5 Å². The molecule has 12 nitrogen and oxygen atoms in total. The maximum absolute atomic E-state index is 11.3. The average molecular weight is 439 g/mol. The van der Waals surface area contributed by atoms with Gasteiger partial charge in [0.05, 0.1) is 0 Å². The second-order valence-corrected chi connectivity index (χ2v) is 6.45. The molecule has 0 radical (unpaired) electrons. The van der Waals surface area contributed by atoms with Crippen LogP contribution in [0.25, 0.3) is 0 Å². The third-order valence-corrected chi connectivity index (χ3v) is 3.67. The Hall–Kier alpha value is -2.48. The van der Waals surface area contributed by atoms with Gasteiger partial charge in [-0.1, -0.05) is 10.3 Å². The molecule has 0 aliphatic carbocycles. The summed E-state index contributed by atoms with van der Waals surface area (Å²) in [6.07, 6.45) is 1.94. The molecule has 2 N–H and O–H groups in total. The van der Waals surface area contributed by atoms with Gasteiger partial charge in [0, 0.05) is 42.3 Å². The number of oxime groups is 2. The largest absolute Gasteiger partial charge is 0.433 e. The molecule has 0 saturated carbocycles. The fourth-order valence-corrected chi connectivity index (χ4v) is 1.90. The summed E-state index contributed by atoms with van der Waals surface area (Å²) in [7, 11) is 9.18. The van der Waals surface area contributed by atoms with Gasteiger partial charge < -0.3 is 20.4 Å². The number of amides is 4. The van der Waals surface area contributed by atoms with Gasteiger partial charge in [0.15, 0.2) is 0 Å². The van der Waals surface area contributed by atoms with E-state index in [0.29, 0.717) is 0 Å². The molecule has 0 rings (SSSR count). The topological polar surface area (TPSA) is 142 Å². The first-order valence-corrected chi connectivity index (χ1v) is 9.95. The second kappa shape index (κ2) is 15.6. The molecule has 0 fully saturated rings. The highest BCUT2D eigenvalue weighted by atomic mass is 32.2. The van der Waals surface area contributed by atoms with Gasteiger partial charge in [-0.25, -0.2) is 9.59 Å². The zero-order valence-corrected chi connectivity index (χ0v) is 18.7. The summed E-state index contributed by atoms with van der Waals surface area (Å²) in [4.78, 5) is 55.4. The highest BCUT2D eigenvalue weighted by Crippen LogP contribution is 2.02. The summed E-state index contributed by atoms with van der Waals surface area (Å²) in [6, 6.07) is 0. The molecule has 0 atom stereocenters. The van der Waals surface area contributed by atoms with E-state index in [9.17, 15) is 19.2 Å². The molecule has 0 unspecified atom stereocenters. The van der Waals surface area contributed by atoms with Crippen LogP contribution in [-0.2, 0) is 19.3 Å². The Kier molecular flexibility index (Phi) is 15.4. The SMILES string of the molecule is CNC(=O)O/N=C(\SC)C(=O)N(C)C.CNC(=O)O/N=C(\SC)C(=O)N(C)C. The van der Waals surface area contributed by atoms with E-state index in [1.54, 1.807) is 40.7 Å². The van der Waals surface area contributed by atoms with Gasteiger partial charge in [0.2, 0.25) is 10.1 Å². The number of rotatable bonds is 2. The molecule has 0 saturated heterocycles. The van der Waals surface area contributed by atoms with Crippen molar-refractivity contribution in [1.82, 2.24) is 20.4 Å². The van der Waals surface area contributed by atoms with E-state index in [1.165, 1.54) is 23.9 Å². The van der Waals surface area contributed by atoms with E-state index < -0.39 is 12.2 Å². The Morgan fingerprint density at radius 1 is 0.714 bits per heavy atom. The predicted octanol–water partition coefficient (Wildman–Crippen LogP) is 0.214. The summed E-state index contributed by atoms with van der Waals surface area (Å²) in [5.41, 5.74) is 0. The van der Waals surface area contributed by atoms with Crippen LogP contribution in [0.2, 0.25) is 0 Å². The molecule has 0 aliphatic heterocycles. The number of hydrogen-bond donors (Lipinski definition) is 2. The van der Waals surface area contributed by atoms with Gasteiger partial charge in [0.25, 0.3) is 11.8 Å². The monoisotopic (exact) mass is 438 g/mol. The van der Waals surface area contributed by atoms with E-state index >= 15 is 0 Å². The van der Waals surface area contributed by atoms with Crippen LogP contribution >= 0.6 is 23.5 Å². The zero-order valence-electron chi connectivity index (χ0n) is 17.1. The van der Waals surface area contributed by atoms with Crippen LogP contribution in [0.3, 0.4) is 0 Å². The smallest absolute Gasteiger partial charge is 0.343 e. The van der Waals surface area contributed by atoms with Crippen LogP contribution in [0.1, 0.15) is 0 Å². The number of hydrogen-bond acceptors (Lipinski definition) is 10. The maximum Gasteiger partial charge on any atom is 0.433 e. The molecule has 0 aliphatic rings. The van der Waals surface area contributed by atoms with E-state index in [4.69, 9.17) is 0 Å². The minimum Gasteiger partial charge on any atom is -0.343 e. The van der Waals surface area contributed by atoms with Crippen LogP contribution in [-0.4, -0.2) is 98.7 Å². The van der Waals surface area contributed by atoms with E-state index in [2.05, 4.69) is 30.6 Å². The van der Waals surface area contributed by atoms with Gasteiger partial charge in [-0.2, -0.15) is 0 Å². The van der Waals surface area contributed by atoms with Crippen molar-refractivity contribution in [3.8, 4) is 0 Å². The van der Waals surface area contributed by atoms with Crippen molar-refractivity contribution in [2.75, 3.05) is 54.8 Å². The Bertz CT molecular complexity index is 557. The highest BCUT2D eigenvalue weighted by molar-refractivity contribution is 8.15. The summed E-state index contributed by atoms with van der Waals surface area (Å²) in [6.45, 7) is 0. The quantitative estimate of drug-likeness (QED) is 0.270. The highest BCUT2D eigenvalue weighted by Gasteiger charge is 2.14.